The minimum Gasteiger partial charge on any atom is -0.388 e. The first-order valence-electron chi connectivity index (χ1n) is 8.42. The van der Waals surface area contributed by atoms with Crippen LogP contribution in [0, 0.1) is 0 Å². The summed E-state index contributed by atoms with van der Waals surface area (Å²) in [7, 11) is 0. The third-order valence-electron chi connectivity index (χ3n) is 4.29. The van der Waals surface area contributed by atoms with Crippen LogP contribution in [0.2, 0.25) is 0 Å². The highest BCUT2D eigenvalue weighted by Gasteiger charge is 2.14. The average molecular weight is 325 g/mol. The number of aliphatic hydroxyl groups excluding tert-OH is 1. The number of nitrogens with zero attached hydrogens (tertiary/aromatic N) is 2. The summed E-state index contributed by atoms with van der Waals surface area (Å²) >= 11 is 0. The van der Waals surface area contributed by atoms with Crippen LogP contribution in [0.3, 0.4) is 0 Å². The number of aromatic nitrogens is 1. The molecule has 0 bridgehead atoms. The molecule has 1 amide bonds. The predicted molar refractivity (Wildman–Crippen MR) is 93.5 cm³/mol. The van der Waals surface area contributed by atoms with E-state index in [1.54, 1.807) is 0 Å². The molecular weight excluding hydrogens is 302 g/mol. The lowest BCUT2D eigenvalue weighted by Crippen LogP contribution is -2.25. The zero-order valence-corrected chi connectivity index (χ0v) is 13.7. The Labute approximate surface area is 142 Å². The van der Waals surface area contributed by atoms with E-state index >= 15 is 0 Å². The van der Waals surface area contributed by atoms with Crippen molar-refractivity contribution in [1.29, 1.82) is 0 Å². The lowest BCUT2D eigenvalue weighted by atomic mass is 10.1. The van der Waals surface area contributed by atoms with Crippen LogP contribution >= 0.6 is 0 Å². The highest BCUT2D eigenvalue weighted by atomic mass is 16.3. The number of aliphatic hydroxyl groups is 1. The fourth-order valence-corrected chi connectivity index (χ4v) is 2.90. The summed E-state index contributed by atoms with van der Waals surface area (Å²) in [5.74, 6) is 0.831. The zero-order chi connectivity index (χ0) is 16.8. The van der Waals surface area contributed by atoms with Gasteiger partial charge in [0.05, 0.1) is 12.5 Å². The van der Waals surface area contributed by atoms with E-state index in [0.29, 0.717) is 6.54 Å². The van der Waals surface area contributed by atoms with Crippen molar-refractivity contribution in [1.82, 2.24) is 10.3 Å². The molecule has 1 aromatic carbocycles. The van der Waals surface area contributed by atoms with Crippen LogP contribution < -0.4 is 10.2 Å². The number of hydrogen-bond donors (Lipinski definition) is 2. The van der Waals surface area contributed by atoms with Crippen molar-refractivity contribution in [2.24, 2.45) is 0 Å². The second-order valence-electron chi connectivity index (χ2n) is 6.13. The Kier molecular flexibility index (Phi) is 5.43. The maximum atomic E-state index is 12.0. The Hall–Kier alpha value is -2.40. The number of anilines is 1. The molecule has 5 nitrogen and oxygen atoms in total. The largest absolute Gasteiger partial charge is 0.388 e. The summed E-state index contributed by atoms with van der Waals surface area (Å²) < 4.78 is 0. The normalized spacial score (nSPS) is 15.3. The lowest BCUT2D eigenvalue weighted by Gasteiger charge is -2.16. The van der Waals surface area contributed by atoms with E-state index in [2.05, 4.69) is 15.2 Å². The van der Waals surface area contributed by atoms with Gasteiger partial charge < -0.3 is 15.3 Å². The molecule has 24 heavy (non-hydrogen) atoms. The van der Waals surface area contributed by atoms with Crippen molar-refractivity contribution in [2.45, 2.75) is 31.9 Å². The minimum absolute atomic E-state index is 0.0588. The Morgan fingerprint density at radius 2 is 1.92 bits per heavy atom. The smallest absolute Gasteiger partial charge is 0.223 e. The van der Waals surface area contributed by atoms with Crippen molar-refractivity contribution in [2.75, 3.05) is 18.0 Å². The summed E-state index contributed by atoms with van der Waals surface area (Å²) in [6, 6.07) is 13.2. The van der Waals surface area contributed by atoms with Gasteiger partial charge in [-0.25, -0.2) is 4.98 Å². The van der Waals surface area contributed by atoms with E-state index in [0.717, 1.165) is 30.0 Å². The number of pyridine rings is 1. The maximum Gasteiger partial charge on any atom is 0.223 e. The molecule has 5 heteroatoms. The van der Waals surface area contributed by atoms with Crippen molar-refractivity contribution in [3.63, 3.8) is 0 Å². The lowest BCUT2D eigenvalue weighted by molar-refractivity contribution is -0.123. The van der Waals surface area contributed by atoms with Gasteiger partial charge in [-0.3, -0.25) is 4.79 Å². The summed E-state index contributed by atoms with van der Waals surface area (Å²) in [5.41, 5.74) is 1.71. The Balaban J connectivity index is 1.47. The highest BCUT2D eigenvalue weighted by molar-refractivity contribution is 5.76. The Morgan fingerprint density at radius 3 is 2.58 bits per heavy atom. The number of hydrogen-bond acceptors (Lipinski definition) is 4. The van der Waals surface area contributed by atoms with Gasteiger partial charge in [0.2, 0.25) is 5.91 Å². The van der Waals surface area contributed by atoms with Crippen LogP contribution in [0.5, 0.6) is 0 Å². The molecule has 1 aliphatic heterocycles. The molecule has 126 valence electrons. The first-order chi connectivity index (χ1) is 11.7. The Morgan fingerprint density at radius 1 is 1.17 bits per heavy atom. The molecule has 3 rings (SSSR count). The van der Waals surface area contributed by atoms with Gasteiger partial charge >= 0.3 is 0 Å². The van der Waals surface area contributed by atoms with Gasteiger partial charge in [0, 0.05) is 25.8 Å². The maximum absolute atomic E-state index is 12.0. The topological polar surface area (TPSA) is 65.5 Å². The van der Waals surface area contributed by atoms with Gasteiger partial charge in [-0.05, 0) is 30.0 Å². The second-order valence-corrected chi connectivity index (χ2v) is 6.13. The van der Waals surface area contributed by atoms with Gasteiger partial charge in [-0.15, -0.1) is 0 Å². The van der Waals surface area contributed by atoms with Crippen LogP contribution in [-0.4, -0.2) is 29.1 Å². The Bertz CT molecular complexity index is 652. The first kappa shape index (κ1) is 16.5. The minimum atomic E-state index is -0.776. The van der Waals surface area contributed by atoms with E-state index in [1.807, 2.05) is 48.7 Å². The molecule has 1 fully saturated rings. The molecule has 2 N–H and O–H groups in total. The third-order valence-corrected chi connectivity index (χ3v) is 4.29. The van der Waals surface area contributed by atoms with Crippen LogP contribution in [0.15, 0.2) is 48.7 Å². The number of carbonyl (C=O) groups excluding carboxylic acids is 1. The van der Waals surface area contributed by atoms with Crippen molar-refractivity contribution >= 4 is 11.7 Å². The summed E-state index contributed by atoms with van der Waals surface area (Å²) in [4.78, 5) is 18.7. The fraction of sp³-hybridized carbons (Fsp3) is 0.368. The molecule has 0 aliphatic carbocycles. The SMILES string of the molecule is O=C(CC(O)c1ccccc1)NCc1ccc(N2CCCC2)nc1. The van der Waals surface area contributed by atoms with E-state index < -0.39 is 6.10 Å². The molecule has 1 aromatic heterocycles. The van der Waals surface area contributed by atoms with E-state index in [4.69, 9.17) is 0 Å². The van der Waals surface area contributed by atoms with Crippen LogP contribution in [0.4, 0.5) is 5.82 Å². The van der Waals surface area contributed by atoms with Gasteiger partial charge in [0.15, 0.2) is 0 Å². The van der Waals surface area contributed by atoms with Crippen LogP contribution in [0.1, 0.15) is 36.5 Å². The number of nitrogens with one attached hydrogen (secondary N) is 1. The number of rotatable bonds is 6. The molecule has 1 atom stereocenters. The second kappa shape index (κ2) is 7.93. The molecule has 2 heterocycles. The predicted octanol–water partition coefficient (Wildman–Crippen LogP) is 2.42. The summed E-state index contributed by atoms with van der Waals surface area (Å²) in [5, 5.41) is 12.9. The van der Waals surface area contributed by atoms with Gasteiger partial charge in [-0.2, -0.15) is 0 Å². The quantitative estimate of drug-likeness (QED) is 0.856. The van der Waals surface area contributed by atoms with E-state index in [1.165, 1.54) is 12.8 Å². The molecule has 1 aliphatic rings. The van der Waals surface area contributed by atoms with Gasteiger partial charge in [0.25, 0.3) is 0 Å². The fourth-order valence-electron chi connectivity index (χ4n) is 2.90. The van der Waals surface area contributed by atoms with Crippen molar-refractivity contribution < 1.29 is 9.90 Å². The molecule has 0 saturated carbocycles. The molecule has 0 spiro atoms. The number of carbonyl (C=O) groups is 1. The zero-order valence-electron chi connectivity index (χ0n) is 13.7. The molecule has 0 radical (unpaired) electrons. The monoisotopic (exact) mass is 325 g/mol. The van der Waals surface area contributed by atoms with E-state index in [-0.39, 0.29) is 12.3 Å². The van der Waals surface area contributed by atoms with Gasteiger partial charge in [-0.1, -0.05) is 36.4 Å². The van der Waals surface area contributed by atoms with E-state index in [9.17, 15) is 9.90 Å². The third kappa shape index (κ3) is 4.32. The molecular formula is C19H23N3O2. The summed E-state index contributed by atoms with van der Waals surface area (Å²) in [6.07, 6.45) is 3.54. The summed E-state index contributed by atoms with van der Waals surface area (Å²) in [6.45, 7) is 2.56. The van der Waals surface area contributed by atoms with Crippen LogP contribution in [0.25, 0.3) is 0 Å². The van der Waals surface area contributed by atoms with Crippen molar-refractivity contribution in [3.05, 3.63) is 59.8 Å². The van der Waals surface area contributed by atoms with Crippen molar-refractivity contribution in [3.8, 4) is 0 Å². The molecule has 1 saturated heterocycles. The first-order valence-corrected chi connectivity index (χ1v) is 8.42. The average Bonchev–Trinajstić information content (AvgIpc) is 3.16. The van der Waals surface area contributed by atoms with Crippen LogP contribution in [-0.2, 0) is 11.3 Å². The molecule has 1 unspecified atom stereocenters. The van der Waals surface area contributed by atoms with Gasteiger partial charge in [0.1, 0.15) is 5.82 Å². The molecule has 2 aromatic rings. The number of amides is 1. The number of benzene rings is 1. The highest BCUT2D eigenvalue weighted by Crippen LogP contribution is 2.18. The standard InChI is InChI=1S/C19H23N3O2/c23-17(16-6-2-1-3-7-16)12-19(24)21-14-15-8-9-18(20-13-15)22-10-4-5-11-22/h1-3,6-9,13,17,23H,4-5,10-12,14H2,(H,21,24).